The lowest BCUT2D eigenvalue weighted by Gasteiger charge is -2.50. The van der Waals surface area contributed by atoms with Crippen molar-refractivity contribution in [1.29, 1.82) is 5.26 Å². The minimum Gasteiger partial charge on any atom is -0.363 e. The average molecular weight is 597 g/mol. The van der Waals surface area contributed by atoms with Crippen LogP contribution in [0, 0.1) is 18.3 Å². The quantitative estimate of drug-likeness (QED) is 0.326. The van der Waals surface area contributed by atoms with Crippen LogP contribution in [0.3, 0.4) is 0 Å². The summed E-state index contributed by atoms with van der Waals surface area (Å²) in [4.78, 5) is 23.9. The average Bonchev–Trinajstić information content (AvgIpc) is 3.74. The molecular formula is C31H40N12O. The van der Waals surface area contributed by atoms with Crippen molar-refractivity contribution in [1.82, 2.24) is 44.0 Å². The Morgan fingerprint density at radius 3 is 2.68 bits per heavy atom. The van der Waals surface area contributed by atoms with Gasteiger partial charge in [0.15, 0.2) is 5.65 Å². The summed E-state index contributed by atoms with van der Waals surface area (Å²) in [6.45, 7) is 6.97. The monoisotopic (exact) mass is 596 g/mol. The van der Waals surface area contributed by atoms with Crippen molar-refractivity contribution in [3.8, 4) is 6.07 Å². The number of nitrogens with zero attached hydrogens (tertiary/aromatic N) is 11. The van der Waals surface area contributed by atoms with Crippen LogP contribution in [0.5, 0.6) is 0 Å². The largest absolute Gasteiger partial charge is 0.363 e. The van der Waals surface area contributed by atoms with Crippen LogP contribution >= 0.6 is 0 Å². The van der Waals surface area contributed by atoms with Gasteiger partial charge < -0.3 is 20.0 Å². The molecule has 230 valence electrons. The van der Waals surface area contributed by atoms with E-state index >= 15 is 0 Å². The lowest BCUT2D eigenvalue weighted by molar-refractivity contribution is -0.133. The SMILES string of the molecule is Cc1cn(C2(CC#N)CN(c3cccn4nc(Nc5cnn(CC(=O)N6CCN(C)CC6)c5)nc34)C2)nc1C1CCCCC1. The summed E-state index contributed by atoms with van der Waals surface area (Å²) in [7, 11) is 2.07. The Kier molecular flexibility index (Phi) is 7.45. The van der Waals surface area contributed by atoms with Gasteiger partial charge in [0.2, 0.25) is 11.9 Å². The Balaban J connectivity index is 1.04. The number of anilines is 3. The molecule has 13 heteroatoms. The van der Waals surface area contributed by atoms with E-state index in [0.717, 1.165) is 37.5 Å². The van der Waals surface area contributed by atoms with E-state index in [2.05, 4.69) is 56.2 Å². The normalized spacial score (nSPS) is 19.2. The number of hydrogen-bond acceptors (Lipinski definition) is 9. The number of nitrogens with one attached hydrogen (secondary N) is 1. The first kappa shape index (κ1) is 28.3. The second kappa shape index (κ2) is 11.6. The van der Waals surface area contributed by atoms with Crippen molar-refractivity contribution in [2.24, 2.45) is 0 Å². The van der Waals surface area contributed by atoms with Crippen molar-refractivity contribution in [3.63, 3.8) is 0 Å². The van der Waals surface area contributed by atoms with E-state index < -0.39 is 0 Å². The van der Waals surface area contributed by atoms with Crippen LogP contribution in [0.25, 0.3) is 5.65 Å². The number of rotatable bonds is 8. The van der Waals surface area contributed by atoms with Gasteiger partial charge in [-0.15, -0.1) is 5.10 Å². The van der Waals surface area contributed by atoms with Gasteiger partial charge in [-0.2, -0.15) is 20.4 Å². The number of aromatic nitrogens is 7. The predicted octanol–water partition coefficient (Wildman–Crippen LogP) is 3.13. The Labute approximate surface area is 257 Å². The summed E-state index contributed by atoms with van der Waals surface area (Å²) in [5.41, 5.74) is 4.49. The molecule has 6 heterocycles. The number of fused-ring (bicyclic) bond motifs is 1. The minimum absolute atomic E-state index is 0.0701. The van der Waals surface area contributed by atoms with Crippen molar-refractivity contribution in [2.45, 2.75) is 63.5 Å². The molecule has 0 radical (unpaired) electrons. The molecule has 44 heavy (non-hydrogen) atoms. The number of carbonyl (C=O) groups is 1. The maximum Gasteiger partial charge on any atom is 0.247 e. The van der Waals surface area contributed by atoms with E-state index in [9.17, 15) is 10.1 Å². The van der Waals surface area contributed by atoms with Crippen LogP contribution in [0.2, 0.25) is 0 Å². The van der Waals surface area contributed by atoms with Crippen LogP contribution < -0.4 is 10.2 Å². The van der Waals surface area contributed by atoms with Crippen LogP contribution in [0.1, 0.15) is 55.7 Å². The lowest BCUT2D eigenvalue weighted by atomic mass is 9.86. The van der Waals surface area contributed by atoms with E-state index in [0.29, 0.717) is 37.1 Å². The number of piperazine rings is 1. The molecule has 2 saturated heterocycles. The number of amides is 1. The first-order chi connectivity index (χ1) is 21.4. The van der Waals surface area contributed by atoms with Crippen molar-refractivity contribution >= 4 is 28.9 Å². The molecule has 3 fully saturated rings. The van der Waals surface area contributed by atoms with E-state index in [1.165, 1.54) is 43.4 Å². The third-order valence-electron chi connectivity index (χ3n) is 9.52. The van der Waals surface area contributed by atoms with Gasteiger partial charge in [0.25, 0.3) is 0 Å². The molecule has 3 aliphatic rings. The molecule has 1 amide bonds. The Hall–Kier alpha value is -4.44. The highest BCUT2D eigenvalue weighted by Gasteiger charge is 2.47. The molecule has 4 aromatic rings. The number of carbonyl (C=O) groups excluding carboxylic acids is 1. The lowest BCUT2D eigenvalue weighted by Crippen LogP contribution is -2.63. The Morgan fingerprint density at radius 2 is 1.91 bits per heavy atom. The van der Waals surface area contributed by atoms with Crippen molar-refractivity contribution in [2.75, 3.05) is 56.5 Å². The second-order valence-corrected chi connectivity index (χ2v) is 12.7. The van der Waals surface area contributed by atoms with Gasteiger partial charge in [-0.25, -0.2) is 4.52 Å². The summed E-state index contributed by atoms with van der Waals surface area (Å²) >= 11 is 0. The highest BCUT2D eigenvalue weighted by Crippen LogP contribution is 2.40. The van der Waals surface area contributed by atoms with Gasteiger partial charge in [-0.3, -0.25) is 14.2 Å². The second-order valence-electron chi connectivity index (χ2n) is 12.7. The number of pyridine rings is 1. The van der Waals surface area contributed by atoms with Crippen molar-refractivity contribution in [3.05, 3.63) is 48.2 Å². The van der Waals surface area contributed by atoms with Gasteiger partial charge in [0, 0.05) is 63.8 Å². The molecule has 1 aliphatic carbocycles. The fourth-order valence-corrected chi connectivity index (χ4v) is 6.95. The van der Waals surface area contributed by atoms with Crippen LogP contribution in [-0.4, -0.2) is 96.2 Å². The third-order valence-corrected chi connectivity index (χ3v) is 9.52. The molecule has 0 unspecified atom stereocenters. The van der Waals surface area contributed by atoms with Gasteiger partial charge in [0.05, 0.1) is 35.8 Å². The molecule has 4 aromatic heterocycles. The van der Waals surface area contributed by atoms with E-state index in [4.69, 9.17) is 10.1 Å². The number of likely N-dealkylation sites (N-methyl/N-ethyl adjacent to an activating group) is 1. The molecule has 7 rings (SSSR count). The summed E-state index contributed by atoms with van der Waals surface area (Å²) in [5, 5.41) is 27.1. The zero-order chi connectivity index (χ0) is 30.3. The van der Waals surface area contributed by atoms with Crippen LogP contribution in [0.4, 0.5) is 17.3 Å². The molecule has 0 aromatic carbocycles. The maximum absolute atomic E-state index is 12.7. The standard InChI is InChI=1S/C31H40N12O/c1-23-18-43(36-28(23)24-7-4-3-5-8-24)31(10-11-32)21-40(22-31)26-9-6-12-42-29(26)35-30(37-42)34-25-17-33-41(19-25)20-27(44)39-15-13-38(2)14-16-39/h6,9,12,17-19,24H,3-5,7-8,10,13-16,20-22H2,1-2H3,(H,34,37). The fraction of sp³-hybridized carbons (Fsp3) is 0.548. The highest BCUT2D eigenvalue weighted by molar-refractivity contribution is 5.76. The van der Waals surface area contributed by atoms with Crippen LogP contribution in [0.15, 0.2) is 36.9 Å². The third kappa shape index (κ3) is 5.38. The topological polar surface area (TPSA) is 128 Å². The zero-order valence-electron chi connectivity index (χ0n) is 25.6. The molecule has 0 bridgehead atoms. The highest BCUT2D eigenvalue weighted by atomic mass is 16.2. The van der Waals surface area contributed by atoms with Crippen LogP contribution in [-0.2, 0) is 16.9 Å². The zero-order valence-corrected chi connectivity index (χ0v) is 25.6. The number of nitriles is 1. The molecule has 0 atom stereocenters. The first-order valence-corrected chi connectivity index (χ1v) is 15.7. The van der Waals surface area contributed by atoms with Crippen molar-refractivity contribution < 1.29 is 4.79 Å². The summed E-state index contributed by atoms with van der Waals surface area (Å²) in [5.74, 6) is 1.05. The molecule has 0 spiro atoms. The van der Waals surface area contributed by atoms with Gasteiger partial charge in [0.1, 0.15) is 12.1 Å². The summed E-state index contributed by atoms with van der Waals surface area (Å²) in [6.07, 6.45) is 14.2. The molecule has 1 N–H and O–H groups in total. The summed E-state index contributed by atoms with van der Waals surface area (Å²) < 4.78 is 5.49. The van der Waals surface area contributed by atoms with Gasteiger partial charge in [-0.05, 0) is 44.5 Å². The smallest absolute Gasteiger partial charge is 0.247 e. The number of hydrogen-bond donors (Lipinski definition) is 1. The molecule has 1 saturated carbocycles. The van der Waals surface area contributed by atoms with Gasteiger partial charge in [-0.1, -0.05) is 19.3 Å². The van der Waals surface area contributed by atoms with E-state index in [-0.39, 0.29) is 18.0 Å². The van der Waals surface area contributed by atoms with E-state index in [1.54, 1.807) is 21.6 Å². The molecule has 13 nitrogen and oxygen atoms in total. The summed E-state index contributed by atoms with van der Waals surface area (Å²) in [6, 6.07) is 6.44. The fourth-order valence-electron chi connectivity index (χ4n) is 6.95. The Morgan fingerprint density at radius 1 is 1.11 bits per heavy atom. The van der Waals surface area contributed by atoms with E-state index in [1.807, 2.05) is 23.2 Å². The predicted molar refractivity (Wildman–Crippen MR) is 166 cm³/mol. The maximum atomic E-state index is 12.7. The first-order valence-electron chi connectivity index (χ1n) is 15.7. The molecular weight excluding hydrogens is 556 g/mol. The molecule has 2 aliphatic heterocycles. The minimum atomic E-state index is -0.365. The van der Waals surface area contributed by atoms with Gasteiger partial charge >= 0.3 is 0 Å². The Bertz CT molecular complexity index is 1670. The number of aryl methyl sites for hydroxylation is 1.